The summed E-state index contributed by atoms with van der Waals surface area (Å²) in [5, 5.41) is 0. The first-order valence-electron chi connectivity index (χ1n) is 7.92. The number of methoxy groups -OCH3 is 2. The molecule has 2 rings (SSSR count). The van der Waals surface area contributed by atoms with Gasteiger partial charge in [0.1, 0.15) is 5.76 Å². The van der Waals surface area contributed by atoms with E-state index in [0.29, 0.717) is 24.3 Å². The molecule has 0 aromatic heterocycles. The SMILES string of the molecule is COC1=CC=C(C(N)=O)CC1(OC)c1ccc(C(C)(C)CN)cc1. The zero-order valence-electron chi connectivity index (χ0n) is 14.8. The first-order valence-corrected chi connectivity index (χ1v) is 7.92. The first kappa shape index (κ1) is 18.2. The quantitative estimate of drug-likeness (QED) is 0.836. The second-order valence-corrected chi connectivity index (χ2v) is 6.66. The summed E-state index contributed by atoms with van der Waals surface area (Å²) in [7, 11) is 3.20. The highest BCUT2D eigenvalue weighted by Gasteiger charge is 2.41. The fourth-order valence-corrected chi connectivity index (χ4v) is 2.97. The summed E-state index contributed by atoms with van der Waals surface area (Å²) < 4.78 is 11.4. The van der Waals surface area contributed by atoms with E-state index < -0.39 is 11.5 Å². The maximum Gasteiger partial charge on any atom is 0.244 e. The van der Waals surface area contributed by atoms with Gasteiger partial charge in [-0.3, -0.25) is 4.79 Å². The lowest BCUT2D eigenvalue weighted by Gasteiger charge is -2.37. The number of rotatable bonds is 6. The number of ether oxygens (including phenoxy) is 2. The Balaban J connectivity index is 2.48. The van der Waals surface area contributed by atoms with Crippen molar-refractivity contribution >= 4 is 5.91 Å². The van der Waals surface area contributed by atoms with E-state index in [4.69, 9.17) is 20.9 Å². The molecule has 1 atom stereocenters. The topological polar surface area (TPSA) is 87.6 Å². The van der Waals surface area contributed by atoms with Crippen LogP contribution in [0.15, 0.2) is 47.7 Å². The van der Waals surface area contributed by atoms with Crippen molar-refractivity contribution in [2.45, 2.75) is 31.3 Å². The van der Waals surface area contributed by atoms with Crippen LogP contribution in [-0.4, -0.2) is 26.7 Å². The lowest BCUT2D eigenvalue weighted by atomic mass is 9.79. The standard InChI is InChI=1S/C19H26N2O3/c1-18(2,12-20)14-6-8-15(9-7-14)19(24-4)11-13(17(21)22)5-10-16(19)23-3/h5-10H,11-12,20H2,1-4H3,(H2,21,22). The van der Waals surface area contributed by atoms with Gasteiger partial charge in [-0.2, -0.15) is 0 Å². The molecule has 24 heavy (non-hydrogen) atoms. The maximum atomic E-state index is 11.6. The molecule has 5 heteroatoms. The fraction of sp³-hybridized carbons (Fsp3) is 0.421. The summed E-state index contributed by atoms with van der Waals surface area (Å²) in [5.74, 6) is 0.185. The minimum absolute atomic E-state index is 0.108. The van der Waals surface area contributed by atoms with Crippen LogP contribution >= 0.6 is 0 Å². The number of benzene rings is 1. The molecule has 1 unspecified atom stereocenters. The van der Waals surface area contributed by atoms with E-state index in [2.05, 4.69) is 13.8 Å². The van der Waals surface area contributed by atoms with Crippen LogP contribution in [0.3, 0.4) is 0 Å². The molecule has 1 aliphatic carbocycles. The van der Waals surface area contributed by atoms with Crippen LogP contribution in [0.5, 0.6) is 0 Å². The third-order valence-electron chi connectivity index (χ3n) is 4.80. The maximum absolute atomic E-state index is 11.6. The molecule has 0 radical (unpaired) electrons. The van der Waals surface area contributed by atoms with Gasteiger partial charge in [-0.05, 0) is 23.3 Å². The highest BCUT2D eigenvalue weighted by Crippen LogP contribution is 2.42. The van der Waals surface area contributed by atoms with Crippen molar-refractivity contribution in [2.75, 3.05) is 20.8 Å². The minimum atomic E-state index is -0.862. The molecule has 1 aromatic rings. The van der Waals surface area contributed by atoms with Gasteiger partial charge in [0.05, 0.1) is 7.11 Å². The van der Waals surface area contributed by atoms with E-state index in [0.717, 1.165) is 11.1 Å². The smallest absolute Gasteiger partial charge is 0.244 e. The highest BCUT2D eigenvalue weighted by atomic mass is 16.5. The third-order valence-corrected chi connectivity index (χ3v) is 4.80. The Hall–Kier alpha value is -2.11. The fourth-order valence-electron chi connectivity index (χ4n) is 2.97. The van der Waals surface area contributed by atoms with Crippen LogP contribution in [0.25, 0.3) is 0 Å². The summed E-state index contributed by atoms with van der Waals surface area (Å²) in [6.45, 7) is 4.76. The van der Waals surface area contributed by atoms with Gasteiger partial charge < -0.3 is 20.9 Å². The molecular formula is C19H26N2O3. The highest BCUT2D eigenvalue weighted by molar-refractivity contribution is 5.93. The molecule has 0 heterocycles. The monoisotopic (exact) mass is 330 g/mol. The number of primary amides is 1. The predicted octanol–water partition coefficient (Wildman–Crippen LogP) is 2.11. The normalized spacial score (nSPS) is 21.0. The van der Waals surface area contributed by atoms with Crippen molar-refractivity contribution < 1.29 is 14.3 Å². The third kappa shape index (κ3) is 3.09. The van der Waals surface area contributed by atoms with E-state index in [1.165, 1.54) is 0 Å². The minimum Gasteiger partial charge on any atom is -0.498 e. The van der Waals surface area contributed by atoms with Gasteiger partial charge in [-0.1, -0.05) is 38.1 Å². The zero-order chi connectivity index (χ0) is 18.0. The summed E-state index contributed by atoms with van der Waals surface area (Å²) in [6.07, 6.45) is 3.76. The van der Waals surface area contributed by atoms with E-state index in [9.17, 15) is 4.79 Å². The second kappa shape index (κ2) is 6.79. The van der Waals surface area contributed by atoms with Crippen molar-refractivity contribution in [1.29, 1.82) is 0 Å². The number of nitrogens with two attached hydrogens (primary N) is 2. The van der Waals surface area contributed by atoms with Crippen molar-refractivity contribution in [3.05, 3.63) is 58.9 Å². The molecule has 0 saturated carbocycles. The average molecular weight is 330 g/mol. The molecule has 0 spiro atoms. The molecule has 0 saturated heterocycles. The summed E-state index contributed by atoms with van der Waals surface area (Å²) in [4.78, 5) is 11.6. The molecule has 1 aliphatic rings. The van der Waals surface area contributed by atoms with Gasteiger partial charge in [0.2, 0.25) is 5.91 Å². The molecule has 130 valence electrons. The van der Waals surface area contributed by atoms with E-state index in [1.54, 1.807) is 26.4 Å². The zero-order valence-corrected chi connectivity index (χ0v) is 14.8. The van der Waals surface area contributed by atoms with Crippen LogP contribution in [-0.2, 0) is 25.3 Å². The number of carbonyl (C=O) groups is 1. The van der Waals surface area contributed by atoms with E-state index >= 15 is 0 Å². The molecule has 0 fully saturated rings. The predicted molar refractivity (Wildman–Crippen MR) is 94.2 cm³/mol. The summed E-state index contributed by atoms with van der Waals surface area (Å²) >= 11 is 0. The first-order chi connectivity index (χ1) is 11.3. The number of amides is 1. The Kier molecular flexibility index (Phi) is 5.16. The Morgan fingerprint density at radius 1 is 1.21 bits per heavy atom. The van der Waals surface area contributed by atoms with E-state index in [1.807, 2.05) is 24.3 Å². The molecule has 0 aliphatic heterocycles. The Morgan fingerprint density at radius 3 is 2.29 bits per heavy atom. The van der Waals surface area contributed by atoms with Gasteiger partial charge >= 0.3 is 0 Å². The van der Waals surface area contributed by atoms with Crippen LogP contribution < -0.4 is 11.5 Å². The molecule has 1 amide bonds. The van der Waals surface area contributed by atoms with Crippen LogP contribution in [0.1, 0.15) is 31.4 Å². The van der Waals surface area contributed by atoms with Gasteiger partial charge in [0.25, 0.3) is 0 Å². The van der Waals surface area contributed by atoms with Crippen LogP contribution in [0, 0.1) is 0 Å². The second-order valence-electron chi connectivity index (χ2n) is 6.66. The van der Waals surface area contributed by atoms with Crippen LogP contribution in [0.2, 0.25) is 0 Å². The molecule has 0 bridgehead atoms. The van der Waals surface area contributed by atoms with Crippen molar-refractivity contribution in [3.63, 3.8) is 0 Å². The van der Waals surface area contributed by atoms with Crippen molar-refractivity contribution in [1.82, 2.24) is 0 Å². The van der Waals surface area contributed by atoms with Gasteiger partial charge in [-0.15, -0.1) is 0 Å². The largest absolute Gasteiger partial charge is 0.498 e. The van der Waals surface area contributed by atoms with Crippen LogP contribution in [0.4, 0.5) is 0 Å². The average Bonchev–Trinajstić information content (AvgIpc) is 2.60. The Morgan fingerprint density at radius 2 is 1.83 bits per heavy atom. The molecule has 1 aromatic carbocycles. The number of carbonyl (C=O) groups excluding carboxylic acids is 1. The van der Waals surface area contributed by atoms with Gasteiger partial charge in [0, 0.05) is 31.1 Å². The Bertz CT molecular complexity index is 674. The van der Waals surface area contributed by atoms with Gasteiger partial charge in [-0.25, -0.2) is 0 Å². The molecule has 5 nitrogen and oxygen atoms in total. The Labute approximate surface area is 143 Å². The molecular weight excluding hydrogens is 304 g/mol. The number of allylic oxidation sites excluding steroid dienone is 2. The van der Waals surface area contributed by atoms with Gasteiger partial charge in [0.15, 0.2) is 5.60 Å². The summed E-state index contributed by atoms with van der Waals surface area (Å²) in [6, 6.07) is 8.07. The van der Waals surface area contributed by atoms with Crippen molar-refractivity contribution in [3.8, 4) is 0 Å². The summed E-state index contributed by atoms with van der Waals surface area (Å²) in [5.41, 5.74) is 12.9. The number of hydrogen-bond donors (Lipinski definition) is 2. The van der Waals surface area contributed by atoms with E-state index in [-0.39, 0.29) is 5.41 Å². The lowest BCUT2D eigenvalue weighted by molar-refractivity contribution is -0.115. The lowest BCUT2D eigenvalue weighted by Crippen LogP contribution is -2.36. The molecule has 4 N–H and O–H groups in total. The van der Waals surface area contributed by atoms with Crippen molar-refractivity contribution in [2.24, 2.45) is 11.5 Å². The number of hydrogen-bond acceptors (Lipinski definition) is 4.